The van der Waals surface area contributed by atoms with Gasteiger partial charge in [0, 0.05) is 6.04 Å². The predicted octanol–water partition coefficient (Wildman–Crippen LogP) is 0.0864. The molecule has 1 unspecified atom stereocenters. The van der Waals surface area contributed by atoms with Crippen molar-refractivity contribution in [3.05, 3.63) is 0 Å². The van der Waals surface area contributed by atoms with Gasteiger partial charge in [-0.15, -0.1) is 0 Å². The lowest BCUT2D eigenvalue weighted by atomic mass is 10.2. The number of hydrogen-bond acceptors (Lipinski definition) is 4. The number of piperazine rings is 1. The third-order valence-electron chi connectivity index (χ3n) is 2.34. The second-order valence-electron chi connectivity index (χ2n) is 3.51. The first-order chi connectivity index (χ1) is 6.63. The quantitative estimate of drug-likeness (QED) is 0.677. The predicted molar refractivity (Wildman–Crippen MR) is 57.2 cm³/mol. The number of nitrogens with zero attached hydrogens (tertiary/aromatic N) is 1. The van der Waals surface area contributed by atoms with Gasteiger partial charge < -0.3 is 0 Å². The summed E-state index contributed by atoms with van der Waals surface area (Å²) < 4.78 is 0. The maximum atomic E-state index is 11.1. The smallest absolute Gasteiger partial charge is 0.240 e. The van der Waals surface area contributed by atoms with Crippen molar-refractivity contribution in [3.8, 4) is 0 Å². The zero-order chi connectivity index (χ0) is 10.6. The van der Waals surface area contributed by atoms with E-state index in [4.69, 9.17) is 0 Å². The number of amides is 2. The van der Waals surface area contributed by atoms with Crippen LogP contribution in [0.4, 0.5) is 0 Å². The van der Waals surface area contributed by atoms with Crippen LogP contribution in [0.25, 0.3) is 0 Å². The molecule has 0 aromatic rings. The molecule has 0 aromatic carbocycles. The fourth-order valence-electron chi connectivity index (χ4n) is 1.44. The summed E-state index contributed by atoms with van der Waals surface area (Å²) in [5, 5.41) is 2.30. The summed E-state index contributed by atoms with van der Waals surface area (Å²) in [5.41, 5.74) is 0. The fourth-order valence-corrected chi connectivity index (χ4v) is 2.02. The molecule has 1 aliphatic rings. The minimum Gasteiger partial charge on any atom is -0.294 e. The van der Waals surface area contributed by atoms with E-state index in [1.165, 1.54) is 0 Å². The number of hydrogen-bond donors (Lipinski definition) is 1. The lowest BCUT2D eigenvalue weighted by Crippen LogP contribution is -2.54. The fraction of sp³-hybridized carbons (Fsp3) is 0.778. The van der Waals surface area contributed by atoms with Gasteiger partial charge in [-0.2, -0.15) is 11.8 Å². The molecule has 80 valence electrons. The highest BCUT2D eigenvalue weighted by molar-refractivity contribution is 7.98. The summed E-state index contributed by atoms with van der Waals surface area (Å²) in [6.07, 6.45) is 3.07. The molecule has 2 amide bonds. The number of rotatable bonds is 4. The lowest BCUT2D eigenvalue weighted by Gasteiger charge is -2.30. The molecule has 4 nitrogen and oxygen atoms in total. The molecule has 14 heavy (non-hydrogen) atoms. The van der Waals surface area contributed by atoms with Gasteiger partial charge in [-0.3, -0.25) is 19.8 Å². The Labute approximate surface area is 88.4 Å². The van der Waals surface area contributed by atoms with Gasteiger partial charge in [0.2, 0.25) is 11.8 Å². The monoisotopic (exact) mass is 216 g/mol. The molecule has 0 radical (unpaired) electrons. The largest absolute Gasteiger partial charge is 0.294 e. The number of carbonyl (C=O) groups excluding carboxylic acids is 2. The van der Waals surface area contributed by atoms with Crippen LogP contribution in [-0.4, -0.2) is 47.9 Å². The molecule has 5 heteroatoms. The van der Waals surface area contributed by atoms with Gasteiger partial charge in [0.05, 0.1) is 13.1 Å². The highest BCUT2D eigenvalue weighted by Crippen LogP contribution is 2.08. The standard InChI is InChI=1S/C9H16N2O2S/c1-7(3-4-14-2)11-5-8(12)10-9(13)6-11/h7H,3-6H2,1-2H3,(H,10,12,13). The van der Waals surface area contributed by atoms with Crippen LogP contribution in [-0.2, 0) is 9.59 Å². The van der Waals surface area contributed by atoms with E-state index < -0.39 is 0 Å². The van der Waals surface area contributed by atoms with Crippen LogP contribution in [0.15, 0.2) is 0 Å². The van der Waals surface area contributed by atoms with Crippen LogP contribution < -0.4 is 5.32 Å². The van der Waals surface area contributed by atoms with Gasteiger partial charge in [0.1, 0.15) is 0 Å². The van der Waals surface area contributed by atoms with Gasteiger partial charge in [-0.25, -0.2) is 0 Å². The van der Waals surface area contributed by atoms with E-state index in [2.05, 4.69) is 18.5 Å². The summed E-state index contributed by atoms with van der Waals surface area (Å²) in [6, 6.07) is 0.303. The molecule has 1 heterocycles. The maximum absolute atomic E-state index is 11.1. The molecule has 1 atom stereocenters. The molecular formula is C9H16N2O2S. The van der Waals surface area contributed by atoms with Gasteiger partial charge >= 0.3 is 0 Å². The minimum atomic E-state index is -0.183. The Bertz CT molecular complexity index is 217. The third kappa shape index (κ3) is 3.31. The van der Waals surface area contributed by atoms with Gasteiger partial charge in [-0.1, -0.05) is 0 Å². The molecule has 0 bridgehead atoms. The summed E-state index contributed by atoms with van der Waals surface area (Å²) in [4.78, 5) is 24.1. The van der Waals surface area contributed by atoms with E-state index in [-0.39, 0.29) is 11.8 Å². The average Bonchev–Trinajstić information content (AvgIpc) is 2.12. The number of carbonyl (C=O) groups is 2. The zero-order valence-electron chi connectivity index (χ0n) is 8.58. The molecule has 1 saturated heterocycles. The first-order valence-electron chi connectivity index (χ1n) is 4.69. The van der Waals surface area contributed by atoms with Crippen LogP contribution >= 0.6 is 11.8 Å². The molecule has 0 aromatic heterocycles. The molecular weight excluding hydrogens is 200 g/mol. The van der Waals surface area contributed by atoms with Crippen molar-refractivity contribution in [2.45, 2.75) is 19.4 Å². The Balaban J connectivity index is 2.42. The summed E-state index contributed by atoms with van der Waals surface area (Å²) in [5.74, 6) is 0.697. The second-order valence-corrected chi connectivity index (χ2v) is 4.49. The molecule has 1 aliphatic heterocycles. The summed E-state index contributed by atoms with van der Waals surface area (Å²) in [6.45, 7) is 2.75. The average molecular weight is 216 g/mol. The third-order valence-corrected chi connectivity index (χ3v) is 2.98. The molecule has 0 aliphatic carbocycles. The number of thioether (sulfide) groups is 1. The van der Waals surface area contributed by atoms with E-state index >= 15 is 0 Å². The first kappa shape index (κ1) is 11.5. The maximum Gasteiger partial charge on any atom is 0.240 e. The minimum absolute atomic E-state index is 0.183. The van der Waals surface area contributed by atoms with Gasteiger partial charge in [0.15, 0.2) is 0 Å². The van der Waals surface area contributed by atoms with Crippen molar-refractivity contribution in [1.29, 1.82) is 0 Å². The van der Waals surface area contributed by atoms with E-state index in [1.807, 2.05) is 4.90 Å². The molecule has 0 saturated carbocycles. The molecule has 1 fully saturated rings. The van der Waals surface area contributed by atoms with Crippen LogP contribution in [0.1, 0.15) is 13.3 Å². The van der Waals surface area contributed by atoms with Crippen LogP contribution in [0.2, 0.25) is 0 Å². The molecule has 0 spiro atoms. The number of nitrogens with one attached hydrogen (secondary N) is 1. The Kier molecular flexibility index (Phi) is 4.41. The SMILES string of the molecule is CSCCC(C)N1CC(=O)NC(=O)C1. The Morgan fingerprint density at radius 1 is 1.43 bits per heavy atom. The Morgan fingerprint density at radius 2 is 2.00 bits per heavy atom. The zero-order valence-corrected chi connectivity index (χ0v) is 9.39. The van der Waals surface area contributed by atoms with E-state index in [0.717, 1.165) is 12.2 Å². The first-order valence-corrected chi connectivity index (χ1v) is 6.08. The lowest BCUT2D eigenvalue weighted by molar-refractivity contribution is -0.136. The van der Waals surface area contributed by atoms with Crippen molar-refractivity contribution < 1.29 is 9.59 Å². The van der Waals surface area contributed by atoms with E-state index in [9.17, 15) is 9.59 Å². The van der Waals surface area contributed by atoms with Crippen molar-refractivity contribution in [3.63, 3.8) is 0 Å². The normalized spacial score (nSPS) is 20.7. The summed E-state index contributed by atoms with van der Waals surface area (Å²) in [7, 11) is 0. The topological polar surface area (TPSA) is 49.4 Å². The van der Waals surface area contributed by atoms with Gasteiger partial charge in [0.25, 0.3) is 0 Å². The second kappa shape index (κ2) is 5.36. The van der Waals surface area contributed by atoms with Crippen LogP contribution in [0.3, 0.4) is 0 Å². The van der Waals surface area contributed by atoms with Crippen molar-refractivity contribution in [2.24, 2.45) is 0 Å². The van der Waals surface area contributed by atoms with Gasteiger partial charge in [-0.05, 0) is 25.4 Å². The highest BCUT2D eigenvalue weighted by Gasteiger charge is 2.25. The van der Waals surface area contributed by atoms with Crippen LogP contribution in [0.5, 0.6) is 0 Å². The van der Waals surface area contributed by atoms with Crippen molar-refractivity contribution >= 4 is 23.6 Å². The Hall–Kier alpha value is -0.550. The molecule has 1 rings (SSSR count). The Morgan fingerprint density at radius 3 is 2.50 bits per heavy atom. The molecule has 1 N–H and O–H groups in total. The van der Waals surface area contributed by atoms with E-state index in [0.29, 0.717) is 19.1 Å². The van der Waals surface area contributed by atoms with Crippen LogP contribution in [0, 0.1) is 0 Å². The van der Waals surface area contributed by atoms with E-state index in [1.54, 1.807) is 11.8 Å². The highest BCUT2D eigenvalue weighted by atomic mass is 32.2. The number of imide groups is 1. The van der Waals surface area contributed by atoms with Crippen molar-refractivity contribution in [2.75, 3.05) is 25.1 Å². The van der Waals surface area contributed by atoms with Crippen molar-refractivity contribution in [1.82, 2.24) is 10.2 Å². The summed E-state index contributed by atoms with van der Waals surface area (Å²) >= 11 is 1.78.